The molecule has 0 radical (unpaired) electrons. The zero-order valence-electron chi connectivity index (χ0n) is 10.4. The van der Waals surface area contributed by atoms with Crippen molar-refractivity contribution < 1.29 is 4.79 Å². The van der Waals surface area contributed by atoms with Gasteiger partial charge in [0.05, 0.1) is 0 Å². The molecule has 1 amide bonds. The summed E-state index contributed by atoms with van der Waals surface area (Å²) in [6.45, 7) is 2.75. The Morgan fingerprint density at radius 1 is 1.59 bits per heavy atom. The second-order valence-electron chi connectivity index (χ2n) is 4.21. The van der Waals surface area contributed by atoms with Crippen molar-refractivity contribution in [2.45, 2.75) is 13.0 Å². The monoisotopic (exact) mass is 237 g/mol. The van der Waals surface area contributed by atoms with Gasteiger partial charge < -0.3 is 15.6 Å². The predicted molar refractivity (Wildman–Crippen MR) is 67.5 cm³/mol. The maximum absolute atomic E-state index is 11.9. The average Bonchev–Trinajstić information content (AvgIpc) is 2.27. The number of hydrazine groups is 1. The normalized spacial score (nSPS) is 12.3. The Balaban J connectivity index is 2.63. The average molecular weight is 237 g/mol. The van der Waals surface area contributed by atoms with Gasteiger partial charge in [-0.3, -0.25) is 4.79 Å². The van der Waals surface area contributed by atoms with Gasteiger partial charge in [0.15, 0.2) is 0 Å². The molecule has 0 fully saturated rings. The summed E-state index contributed by atoms with van der Waals surface area (Å²) in [6.07, 6.45) is 1.54. The van der Waals surface area contributed by atoms with Gasteiger partial charge in [-0.05, 0) is 33.2 Å². The number of aromatic nitrogens is 1. The van der Waals surface area contributed by atoms with E-state index in [0.717, 1.165) is 6.54 Å². The number of pyridine rings is 1. The van der Waals surface area contributed by atoms with Gasteiger partial charge in [-0.15, -0.1) is 0 Å². The lowest BCUT2D eigenvalue weighted by Crippen LogP contribution is -2.39. The van der Waals surface area contributed by atoms with E-state index >= 15 is 0 Å². The fourth-order valence-corrected chi connectivity index (χ4v) is 1.55. The smallest absolute Gasteiger partial charge is 0.251 e. The molecule has 94 valence electrons. The van der Waals surface area contributed by atoms with Gasteiger partial charge in [0, 0.05) is 24.3 Å². The SMILES string of the molecule is CC(CN(C)C)NC(=O)c1ccnc(NN)c1. The van der Waals surface area contributed by atoms with Crippen molar-refractivity contribution in [3.63, 3.8) is 0 Å². The van der Waals surface area contributed by atoms with E-state index in [-0.39, 0.29) is 11.9 Å². The number of nitrogens with one attached hydrogen (secondary N) is 2. The van der Waals surface area contributed by atoms with Crippen molar-refractivity contribution in [3.05, 3.63) is 23.9 Å². The van der Waals surface area contributed by atoms with Gasteiger partial charge in [-0.1, -0.05) is 0 Å². The van der Waals surface area contributed by atoms with Crippen LogP contribution < -0.4 is 16.6 Å². The van der Waals surface area contributed by atoms with Crippen LogP contribution in [0.4, 0.5) is 5.82 Å². The van der Waals surface area contributed by atoms with Crippen LogP contribution in [0.5, 0.6) is 0 Å². The van der Waals surface area contributed by atoms with Gasteiger partial charge >= 0.3 is 0 Å². The molecular formula is C11H19N5O. The number of hydrogen-bond acceptors (Lipinski definition) is 5. The Bertz CT molecular complexity index is 380. The summed E-state index contributed by atoms with van der Waals surface area (Å²) in [5.74, 6) is 5.58. The first-order valence-electron chi connectivity index (χ1n) is 5.41. The lowest BCUT2D eigenvalue weighted by Gasteiger charge is -2.18. The van der Waals surface area contributed by atoms with Crippen molar-refractivity contribution in [3.8, 4) is 0 Å². The highest BCUT2D eigenvalue weighted by atomic mass is 16.1. The highest BCUT2D eigenvalue weighted by Crippen LogP contribution is 2.05. The number of amides is 1. The molecule has 0 aromatic carbocycles. The van der Waals surface area contributed by atoms with Gasteiger partial charge in [0.25, 0.3) is 5.91 Å². The van der Waals surface area contributed by atoms with Crippen LogP contribution in [0.15, 0.2) is 18.3 Å². The number of carbonyl (C=O) groups is 1. The number of nitrogens with zero attached hydrogens (tertiary/aromatic N) is 2. The lowest BCUT2D eigenvalue weighted by atomic mass is 10.2. The molecule has 0 aliphatic carbocycles. The molecule has 0 aliphatic heterocycles. The topological polar surface area (TPSA) is 83.3 Å². The van der Waals surface area contributed by atoms with E-state index in [0.29, 0.717) is 11.4 Å². The summed E-state index contributed by atoms with van der Waals surface area (Å²) in [4.78, 5) is 17.8. The van der Waals surface area contributed by atoms with Gasteiger partial charge in [-0.2, -0.15) is 0 Å². The standard InChI is InChI=1S/C11H19N5O/c1-8(7-16(2)3)14-11(17)9-4-5-13-10(6-9)15-12/h4-6,8H,7,12H2,1-3H3,(H,13,15)(H,14,17). The Hall–Kier alpha value is -1.66. The first-order chi connectivity index (χ1) is 8.02. The van der Waals surface area contributed by atoms with E-state index in [9.17, 15) is 4.79 Å². The minimum atomic E-state index is -0.127. The second-order valence-corrected chi connectivity index (χ2v) is 4.21. The molecule has 1 unspecified atom stereocenters. The van der Waals surface area contributed by atoms with Crippen molar-refractivity contribution >= 4 is 11.7 Å². The molecule has 1 atom stereocenters. The molecule has 1 rings (SSSR count). The van der Waals surface area contributed by atoms with E-state index in [1.807, 2.05) is 25.9 Å². The molecule has 4 N–H and O–H groups in total. The van der Waals surface area contributed by atoms with Crippen LogP contribution in [0.25, 0.3) is 0 Å². The Labute approximate surface area is 101 Å². The summed E-state index contributed by atoms with van der Waals surface area (Å²) in [7, 11) is 3.93. The molecule has 6 heteroatoms. The van der Waals surface area contributed by atoms with Crippen LogP contribution >= 0.6 is 0 Å². The van der Waals surface area contributed by atoms with Crippen molar-refractivity contribution in [1.82, 2.24) is 15.2 Å². The molecule has 0 saturated carbocycles. The number of rotatable bonds is 5. The van der Waals surface area contributed by atoms with Crippen LogP contribution in [0.2, 0.25) is 0 Å². The number of nitrogens with two attached hydrogens (primary N) is 1. The molecule has 0 saturated heterocycles. The minimum Gasteiger partial charge on any atom is -0.348 e. The third-order valence-electron chi connectivity index (χ3n) is 2.19. The molecule has 0 bridgehead atoms. The largest absolute Gasteiger partial charge is 0.348 e. The summed E-state index contributed by atoms with van der Waals surface area (Å²) in [6, 6.07) is 3.34. The Kier molecular flexibility index (Phi) is 4.86. The zero-order valence-corrected chi connectivity index (χ0v) is 10.4. The maximum Gasteiger partial charge on any atom is 0.251 e. The van der Waals surface area contributed by atoms with Crippen molar-refractivity contribution in [2.75, 3.05) is 26.1 Å². The minimum absolute atomic E-state index is 0.0833. The van der Waals surface area contributed by atoms with Crippen LogP contribution in [-0.2, 0) is 0 Å². The van der Waals surface area contributed by atoms with Crippen LogP contribution in [0.1, 0.15) is 17.3 Å². The number of carbonyl (C=O) groups excluding carboxylic acids is 1. The number of hydrogen-bond donors (Lipinski definition) is 3. The third-order valence-corrected chi connectivity index (χ3v) is 2.19. The Morgan fingerprint density at radius 3 is 2.88 bits per heavy atom. The number of likely N-dealkylation sites (N-methyl/N-ethyl adjacent to an activating group) is 1. The van der Waals surface area contributed by atoms with E-state index in [1.54, 1.807) is 18.3 Å². The molecule has 1 aromatic heterocycles. The van der Waals surface area contributed by atoms with E-state index in [4.69, 9.17) is 5.84 Å². The first kappa shape index (κ1) is 13.4. The van der Waals surface area contributed by atoms with Crippen molar-refractivity contribution in [2.24, 2.45) is 5.84 Å². The van der Waals surface area contributed by atoms with Crippen LogP contribution in [0, 0.1) is 0 Å². The van der Waals surface area contributed by atoms with Crippen LogP contribution in [0.3, 0.4) is 0 Å². The van der Waals surface area contributed by atoms with Gasteiger partial charge in [0.2, 0.25) is 0 Å². The first-order valence-corrected chi connectivity index (χ1v) is 5.41. The third kappa shape index (κ3) is 4.38. The van der Waals surface area contributed by atoms with Gasteiger partial charge in [-0.25, -0.2) is 10.8 Å². The van der Waals surface area contributed by atoms with Crippen LogP contribution in [-0.4, -0.2) is 42.5 Å². The molecule has 0 aliphatic rings. The molecule has 17 heavy (non-hydrogen) atoms. The lowest BCUT2D eigenvalue weighted by molar-refractivity contribution is 0.0934. The van der Waals surface area contributed by atoms with E-state index in [1.165, 1.54) is 0 Å². The van der Waals surface area contributed by atoms with E-state index < -0.39 is 0 Å². The highest BCUT2D eigenvalue weighted by Gasteiger charge is 2.10. The second kappa shape index (κ2) is 6.17. The summed E-state index contributed by atoms with van der Waals surface area (Å²) >= 11 is 0. The van der Waals surface area contributed by atoms with Gasteiger partial charge in [0.1, 0.15) is 5.82 Å². The highest BCUT2D eigenvalue weighted by molar-refractivity contribution is 5.94. The zero-order chi connectivity index (χ0) is 12.8. The predicted octanol–water partition coefficient (Wildman–Crippen LogP) is 0.0471. The molecule has 1 aromatic rings. The summed E-state index contributed by atoms with van der Waals surface area (Å²) in [5, 5.41) is 2.90. The number of anilines is 1. The molecule has 6 nitrogen and oxygen atoms in total. The maximum atomic E-state index is 11.9. The fraction of sp³-hybridized carbons (Fsp3) is 0.455. The Morgan fingerprint density at radius 2 is 2.29 bits per heavy atom. The number of nitrogen functional groups attached to an aromatic ring is 1. The van der Waals surface area contributed by atoms with Crippen molar-refractivity contribution in [1.29, 1.82) is 0 Å². The van der Waals surface area contributed by atoms with E-state index in [2.05, 4.69) is 15.7 Å². The molecule has 1 heterocycles. The quantitative estimate of drug-likeness (QED) is 0.498. The fourth-order valence-electron chi connectivity index (χ4n) is 1.55. The summed E-state index contributed by atoms with van der Waals surface area (Å²) < 4.78 is 0. The summed E-state index contributed by atoms with van der Waals surface area (Å²) in [5.41, 5.74) is 2.95. The molecular weight excluding hydrogens is 218 g/mol. The molecule has 0 spiro atoms.